The van der Waals surface area contributed by atoms with Gasteiger partial charge in [0.2, 0.25) is 0 Å². The number of rotatable bonds is 5. The Morgan fingerprint density at radius 2 is 1.93 bits per heavy atom. The first-order chi connectivity index (χ1) is 12.8. The van der Waals surface area contributed by atoms with Crippen molar-refractivity contribution in [2.75, 3.05) is 14.2 Å². The predicted molar refractivity (Wildman–Crippen MR) is 106 cm³/mol. The summed E-state index contributed by atoms with van der Waals surface area (Å²) in [7, 11) is 3.04. The van der Waals surface area contributed by atoms with Crippen molar-refractivity contribution < 1.29 is 14.3 Å². The van der Waals surface area contributed by atoms with Crippen LogP contribution in [-0.4, -0.2) is 30.2 Å². The topological polar surface area (TPSA) is 64.2 Å². The Bertz CT molecular complexity index is 967. The molecule has 0 aliphatic rings. The highest BCUT2D eigenvalue weighted by Crippen LogP contribution is 2.31. The number of pyridine rings is 1. The van der Waals surface area contributed by atoms with Crippen molar-refractivity contribution >= 4 is 16.9 Å². The van der Waals surface area contributed by atoms with Crippen molar-refractivity contribution in [3.8, 4) is 5.75 Å². The summed E-state index contributed by atoms with van der Waals surface area (Å²) < 4.78 is 10.2. The minimum atomic E-state index is -0.421. The van der Waals surface area contributed by atoms with Gasteiger partial charge in [0.15, 0.2) is 0 Å². The first kappa shape index (κ1) is 19.0. The first-order valence-electron chi connectivity index (χ1n) is 9.02. The van der Waals surface area contributed by atoms with Gasteiger partial charge in [-0.25, -0.2) is 9.78 Å². The third-order valence-corrected chi connectivity index (χ3v) is 4.47. The standard InChI is InChI=1S/C22H26N2O3/c1-22(2,3)13-20-17(16-10-9-15(26-4)12-19(16)24-20)11-14-7-6-8-18(23-14)21(25)27-5/h6-10,12,24H,11,13H2,1-5H3. The number of hydrogen-bond donors (Lipinski definition) is 1. The van der Waals surface area contributed by atoms with E-state index in [1.54, 1.807) is 13.2 Å². The highest BCUT2D eigenvalue weighted by molar-refractivity contribution is 5.87. The van der Waals surface area contributed by atoms with E-state index < -0.39 is 5.97 Å². The fourth-order valence-corrected chi connectivity index (χ4v) is 3.28. The highest BCUT2D eigenvalue weighted by atomic mass is 16.5. The van der Waals surface area contributed by atoms with Crippen LogP contribution in [0, 0.1) is 5.41 Å². The zero-order valence-corrected chi connectivity index (χ0v) is 16.6. The Balaban J connectivity index is 2.06. The van der Waals surface area contributed by atoms with Crippen molar-refractivity contribution in [2.45, 2.75) is 33.6 Å². The third kappa shape index (κ3) is 4.30. The maximum absolute atomic E-state index is 11.8. The summed E-state index contributed by atoms with van der Waals surface area (Å²) in [5, 5.41) is 1.15. The number of carbonyl (C=O) groups excluding carboxylic acids is 1. The molecule has 0 spiro atoms. The molecule has 0 saturated heterocycles. The van der Waals surface area contributed by atoms with E-state index in [9.17, 15) is 4.79 Å². The van der Waals surface area contributed by atoms with Gasteiger partial charge >= 0.3 is 5.97 Å². The fourth-order valence-electron chi connectivity index (χ4n) is 3.28. The number of hydrogen-bond acceptors (Lipinski definition) is 4. The smallest absolute Gasteiger partial charge is 0.356 e. The number of ether oxygens (including phenoxy) is 2. The van der Waals surface area contributed by atoms with Crippen molar-refractivity contribution in [1.82, 2.24) is 9.97 Å². The lowest BCUT2D eigenvalue weighted by atomic mass is 9.88. The Morgan fingerprint density at radius 1 is 1.15 bits per heavy atom. The lowest BCUT2D eigenvalue weighted by Crippen LogP contribution is -2.11. The summed E-state index contributed by atoms with van der Waals surface area (Å²) in [5.74, 6) is 0.402. The second-order valence-corrected chi connectivity index (χ2v) is 7.91. The summed E-state index contributed by atoms with van der Waals surface area (Å²) in [6.07, 6.45) is 1.55. The molecule has 2 aromatic heterocycles. The predicted octanol–water partition coefficient (Wildman–Crippen LogP) is 4.54. The second kappa shape index (κ2) is 7.43. The van der Waals surface area contributed by atoms with Crippen LogP contribution in [0.2, 0.25) is 0 Å². The van der Waals surface area contributed by atoms with Crippen molar-refractivity contribution in [2.24, 2.45) is 5.41 Å². The molecule has 0 bridgehead atoms. The van der Waals surface area contributed by atoms with Gasteiger partial charge in [0.05, 0.1) is 14.2 Å². The number of methoxy groups -OCH3 is 2. The van der Waals surface area contributed by atoms with Crippen LogP contribution in [0.3, 0.4) is 0 Å². The monoisotopic (exact) mass is 366 g/mol. The van der Waals surface area contributed by atoms with Gasteiger partial charge in [-0.1, -0.05) is 26.8 Å². The average molecular weight is 366 g/mol. The highest BCUT2D eigenvalue weighted by Gasteiger charge is 2.19. The molecule has 27 heavy (non-hydrogen) atoms. The van der Waals surface area contributed by atoms with Crippen LogP contribution in [0.25, 0.3) is 10.9 Å². The lowest BCUT2D eigenvalue weighted by Gasteiger charge is -2.18. The van der Waals surface area contributed by atoms with Crippen LogP contribution >= 0.6 is 0 Å². The van der Waals surface area contributed by atoms with Crippen molar-refractivity contribution in [3.05, 3.63) is 59.0 Å². The molecule has 0 aliphatic heterocycles. The molecule has 0 amide bonds. The van der Waals surface area contributed by atoms with E-state index in [-0.39, 0.29) is 5.41 Å². The molecule has 0 fully saturated rings. The van der Waals surface area contributed by atoms with Gasteiger partial charge in [0, 0.05) is 34.8 Å². The normalized spacial score (nSPS) is 11.6. The Kier molecular flexibility index (Phi) is 5.22. The minimum Gasteiger partial charge on any atom is -0.497 e. The summed E-state index contributed by atoms with van der Waals surface area (Å²) >= 11 is 0. The molecule has 0 radical (unpaired) electrons. The van der Waals surface area contributed by atoms with Gasteiger partial charge in [-0.15, -0.1) is 0 Å². The van der Waals surface area contributed by atoms with E-state index in [1.165, 1.54) is 18.4 Å². The van der Waals surface area contributed by atoms with Gasteiger partial charge in [-0.3, -0.25) is 0 Å². The number of nitrogens with one attached hydrogen (secondary N) is 1. The maximum atomic E-state index is 11.8. The van der Waals surface area contributed by atoms with Crippen LogP contribution in [-0.2, 0) is 17.6 Å². The molecule has 1 aromatic carbocycles. The summed E-state index contributed by atoms with van der Waals surface area (Å²) in [5.41, 5.74) is 4.75. The van der Waals surface area contributed by atoms with Crippen LogP contribution in [0.15, 0.2) is 36.4 Å². The number of H-pyrrole nitrogens is 1. The van der Waals surface area contributed by atoms with E-state index in [1.807, 2.05) is 24.3 Å². The molecule has 3 aromatic rings. The lowest BCUT2D eigenvalue weighted by molar-refractivity contribution is 0.0593. The van der Waals surface area contributed by atoms with Crippen molar-refractivity contribution in [1.29, 1.82) is 0 Å². The van der Waals surface area contributed by atoms with Crippen LogP contribution in [0.4, 0.5) is 0 Å². The molecular weight excluding hydrogens is 340 g/mol. The van der Waals surface area contributed by atoms with Gasteiger partial charge in [0.25, 0.3) is 0 Å². The number of fused-ring (bicyclic) bond motifs is 1. The molecule has 0 unspecified atom stereocenters. The van der Waals surface area contributed by atoms with E-state index in [4.69, 9.17) is 9.47 Å². The van der Waals surface area contributed by atoms with Gasteiger partial charge in [0.1, 0.15) is 11.4 Å². The molecule has 2 heterocycles. The maximum Gasteiger partial charge on any atom is 0.356 e. The van der Waals surface area contributed by atoms with Crippen LogP contribution < -0.4 is 4.74 Å². The van der Waals surface area contributed by atoms with Crippen LogP contribution in [0.1, 0.15) is 48.2 Å². The number of aromatic nitrogens is 2. The van der Waals surface area contributed by atoms with E-state index in [0.29, 0.717) is 12.1 Å². The number of carbonyl (C=O) groups is 1. The summed E-state index contributed by atoms with van der Waals surface area (Å²) in [4.78, 5) is 19.8. The largest absolute Gasteiger partial charge is 0.497 e. The Labute approximate surface area is 159 Å². The first-order valence-corrected chi connectivity index (χ1v) is 9.02. The number of esters is 1. The van der Waals surface area contributed by atoms with Gasteiger partial charge in [-0.2, -0.15) is 0 Å². The molecule has 0 aliphatic carbocycles. The fraction of sp³-hybridized carbons (Fsp3) is 0.364. The molecule has 0 atom stereocenters. The Hall–Kier alpha value is -2.82. The molecule has 5 heteroatoms. The van der Waals surface area contributed by atoms with Gasteiger partial charge in [-0.05, 0) is 41.7 Å². The number of benzene rings is 1. The van der Waals surface area contributed by atoms with Gasteiger partial charge < -0.3 is 14.5 Å². The van der Waals surface area contributed by atoms with E-state index in [0.717, 1.165) is 28.8 Å². The Morgan fingerprint density at radius 3 is 2.59 bits per heavy atom. The number of aromatic amines is 1. The number of nitrogens with zero attached hydrogens (tertiary/aromatic N) is 1. The molecular formula is C22H26N2O3. The van der Waals surface area contributed by atoms with E-state index in [2.05, 4.69) is 36.8 Å². The quantitative estimate of drug-likeness (QED) is 0.674. The minimum absolute atomic E-state index is 0.140. The molecule has 0 saturated carbocycles. The summed E-state index contributed by atoms with van der Waals surface area (Å²) in [6.45, 7) is 6.66. The second-order valence-electron chi connectivity index (χ2n) is 7.91. The molecule has 3 rings (SSSR count). The third-order valence-electron chi connectivity index (χ3n) is 4.47. The van der Waals surface area contributed by atoms with Crippen LogP contribution in [0.5, 0.6) is 5.75 Å². The zero-order chi connectivity index (χ0) is 19.6. The molecule has 5 nitrogen and oxygen atoms in total. The molecule has 142 valence electrons. The molecule has 1 N–H and O–H groups in total. The average Bonchev–Trinajstić information content (AvgIpc) is 2.95. The van der Waals surface area contributed by atoms with E-state index >= 15 is 0 Å². The zero-order valence-electron chi connectivity index (χ0n) is 16.6. The van der Waals surface area contributed by atoms with Crippen molar-refractivity contribution in [3.63, 3.8) is 0 Å². The summed E-state index contributed by atoms with van der Waals surface area (Å²) in [6, 6.07) is 11.5. The SMILES string of the molecule is COC(=O)c1cccc(Cc2c(CC(C)(C)C)[nH]c3cc(OC)ccc23)n1.